The Labute approximate surface area is 109 Å². The molecule has 0 aromatic heterocycles. The second kappa shape index (κ2) is 29.2. The molecule has 0 spiro atoms. The van der Waals surface area contributed by atoms with Gasteiger partial charge in [-0.25, -0.2) is 0 Å². The molecule has 13 heavy (non-hydrogen) atoms. The molecule has 0 saturated carbocycles. The van der Waals surface area contributed by atoms with Gasteiger partial charge in [0.2, 0.25) is 0 Å². The summed E-state index contributed by atoms with van der Waals surface area (Å²) in [4.78, 5) is 0. The fourth-order valence-electron chi connectivity index (χ4n) is 0.408. The van der Waals surface area contributed by atoms with Crippen LogP contribution in [0.15, 0.2) is 0 Å². The molecule has 0 rings (SSSR count). The molecule has 0 bridgehead atoms. The summed E-state index contributed by atoms with van der Waals surface area (Å²) in [6.07, 6.45) is 0. The Morgan fingerprint density at radius 2 is 0.923 bits per heavy atom. The van der Waals surface area contributed by atoms with E-state index in [1.807, 2.05) is 23.5 Å². The molecule has 0 unspecified atom stereocenters. The van der Waals surface area contributed by atoms with E-state index in [1.165, 1.54) is 23.0 Å². The standard InChI is InChI=1S/2C4H10S.2ClH.Pt/c2*1-3-5-4-2;;;/h2*3-4H2,1-2H3;2*1H;/q;;;;+2/p-2. The molecule has 0 aliphatic rings. The van der Waals surface area contributed by atoms with Gasteiger partial charge in [-0.1, -0.05) is 27.7 Å². The molecule has 0 N–H and O–H groups in total. The van der Waals surface area contributed by atoms with Gasteiger partial charge in [-0.05, 0) is 23.0 Å². The summed E-state index contributed by atoms with van der Waals surface area (Å²) < 4.78 is 0. The number of halogens is 2. The second-order valence-electron chi connectivity index (χ2n) is 1.61. The summed E-state index contributed by atoms with van der Waals surface area (Å²) in [6.45, 7) is 8.70. The van der Waals surface area contributed by atoms with Crippen LogP contribution in [0.1, 0.15) is 27.7 Å². The summed E-state index contributed by atoms with van der Waals surface area (Å²) >= 11 is 3.45. The van der Waals surface area contributed by atoms with Crippen molar-refractivity contribution in [2.75, 3.05) is 23.0 Å². The Bertz CT molecular complexity index is 49.4. The van der Waals surface area contributed by atoms with E-state index in [9.17, 15) is 0 Å². The van der Waals surface area contributed by atoms with E-state index in [4.69, 9.17) is 18.8 Å². The molecule has 0 saturated heterocycles. The van der Waals surface area contributed by atoms with Gasteiger partial charge in [-0.15, -0.1) is 0 Å². The average Bonchev–Trinajstić information content (AvgIpc) is 2.09. The Hall–Kier alpha value is 1.97. The van der Waals surface area contributed by atoms with E-state index in [0.29, 0.717) is 0 Å². The molecule has 0 amide bonds. The van der Waals surface area contributed by atoms with Gasteiger partial charge < -0.3 is 0 Å². The summed E-state index contributed by atoms with van der Waals surface area (Å²) in [5, 5.41) is 0. The first-order chi connectivity index (χ1) is 6.24. The third-order valence-electron chi connectivity index (χ3n) is 0.816. The van der Waals surface area contributed by atoms with Crippen molar-refractivity contribution in [2.45, 2.75) is 27.7 Å². The number of hydrogen-bond donors (Lipinski definition) is 0. The first kappa shape index (κ1) is 20.4. The fraction of sp³-hybridized carbons (Fsp3) is 1.00. The van der Waals surface area contributed by atoms with E-state index in [2.05, 4.69) is 27.7 Å². The topological polar surface area (TPSA) is 0 Å². The van der Waals surface area contributed by atoms with Crippen LogP contribution in [0, 0.1) is 0 Å². The van der Waals surface area contributed by atoms with Crippen molar-refractivity contribution in [3.05, 3.63) is 0 Å². The summed E-state index contributed by atoms with van der Waals surface area (Å²) in [5.74, 6) is 5.04. The van der Waals surface area contributed by atoms with Crippen LogP contribution in [0.4, 0.5) is 0 Å². The molecule has 0 aliphatic carbocycles. The first-order valence-electron chi connectivity index (χ1n) is 4.22. The van der Waals surface area contributed by atoms with Gasteiger partial charge >= 0.3 is 35.3 Å². The average molecular weight is 446 g/mol. The minimum atomic E-state index is -0.472. The van der Waals surface area contributed by atoms with Crippen LogP contribution >= 0.6 is 42.4 Å². The predicted molar refractivity (Wildman–Crippen MR) is 69.1 cm³/mol. The Kier molecular flexibility index (Phi) is 45.8. The molecule has 0 nitrogen and oxygen atoms in total. The van der Waals surface area contributed by atoms with Crippen LogP contribution in [0.25, 0.3) is 0 Å². The van der Waals surface area contributed by atoms with E-state index < -0.39 is 16.5 Å². The van der Waals surface area contributed by atoms with Crippen molar-refractivity contribution in [3.63, 3.8) is 0 Å². The van der Waals surface area contributed by atoms with E-state index >= 15 is 0 Å². The number of thioether (sulfide) groups is 2. The van der Waals surface area contributed by atoms with Crippen LogP contribution in [0.2, 0.25) is 0 Å². The number of hydrogen-bond acceptors (Lipinski definition) is 2. The third-order valence-corrected chi connectivity index (χ3v) is 2.45. The summed E-state index contributed by atoms with van der Waals surface area (Å²) in [7, 11) is 9.75. The SMILES string of the molecule is CCSCC.CCSCC.[Cl][Pt][Cl]. The van der Waals surface area contributed by atoms with E-state index in [0.717, 1.165) is 0 Å². The molecular formula is C8H20Cl2PtS2. The van der Waals surface area contributed by atoms with Gasteiger partial charge in [0.05, 0.1) is 0 Å². The third kappa shape index (κ3) is 56.2. The van der Waals surface area contributed by atoms with E-state index in [-0.39, 0.29) is 0 Å². The zero-order chi connectivity index (χ0) is 10.9. The maximum absolute atomic E-state index is 4.88. The molecule has 0 aromatic rings. The summed E-state index contributed by atoms with van der Waals surface area (Å²) in [6, 6.07) is 0. The van der Waals surface area contributed by atoms with E-state index in [1.54, 1.807) is 0 Å². The zero-order valence-corrected chi connectivity index (χ0v) is 14.1. The Morgan fingerprint density at radius 1 is 0.769 bits per heavy atom. The van der Waals surface area contributed by atoms with Crippen LogP contribution in [-0.2, 0) is 16.5 Å². The van der Waals surface area contributed by atoms with Crippen LogP contribution in [0.3, 0.4) is 0 Å². The maximum atomic E-state index is 4.88. The fourth-order valence-corrected chi connectivity index (χ4v) is 1.22. The van der Waals surface area contributed by atoms with Gasteiger partial charge in [0.15, 0.2) is 0 Å². The summed E-state index contributed by atoms with van der Waals surface area (Å²) in [5.41, 5.74) is 0. The van der Waals surface area contributed by atoms with Crippen LogP contribution in [-0.4, -0.2) is 23.0 Å². The molecular weight excluding hydrogens is 426 g/mol. The number of rotatable bonds is 4. The van der Waals surface area contributed by atoms with Crippen molar-refractivity contribution < 1.29 is 16.5 Å². The van der Waals surface area contributed by atoms with Crippen molar-refractivity contribution in [1.82, 2.24) is 0 Å². The molecule has 0 fully saturated rings. The monoisotopic (exact) mass is 445 g/mol. The van der Waals surface area contributed by atoms with Crippen molar-refractivity contribution in [3.8, 4) is 0 Å². The normalized spacial score (nSPS) is 8.15. The predicted octanol–water partition coefficient (Wildman–Crippen LogP) is 4.90. The van der Waals surface area contributed by atoms with Gasteiger partial charge in [0, 0.05) is 0 Å². The molecule has 88 valence electrons. The molecule has 5 heteroatoms. The van der Waals surface area contributed by atoms with Gasteiger partial charge in [0.25, 0.3) is 0 Å². The molecule has 0 radical (unpaired) electrons. The van der Waals surface area contributed by atoms with Gasteiger partial charge in [0.1, 0.15) is 0 Å². The second-order valence-corrected chi connectivity index (χ2v) is 8.02. The van der Waals surface area contributed by atoms with Crippen molar-refractivity contribution in [2.24, 2.45) is 0 Å². The molecule has 0 heterocycles. The Balaban J connectivity index is -0.000000120. The van der Waals surface area contributed by atoms with Crippen molar-refractivity contribution in [1.29, 1.82) is 0 Å². The molecule has 0 atom stereocenters. The van der Waals surface area contributed by atoms with Crippen LogP contribution in [0.5, 0.6) is 0 Å². The molecule has 0 aliphatic heterocycles. The zero-order valence-electron chi connectivity index (χ0n) is 8.72. The van der Waals surface area contributed by atoms with Crippen LogP contribution < -0.4 is 0 Å². The van der Waals surface area contributed by atoms with Gasteiger partial charge in [-0.3, -0.25) is 0 Å². The minimum absolute atomic E-state index is 0.472. The molecule has 0 aromatic carbocycles. The Morgan fingerprint density at radius 3 is 0.923 bits per heavy atom. The first-order valence-corrected chi connectivity index (χ1v) is 12.2. The van der Waals surface area contributed by atoms with Crippen molar-refractivity contribution >= 4 is 42.4 Å². The quantitative estimate of drug-likeness (QED) is 0.603. The van der Waals surface area contributed by atoms with Gasteiger partial charge in [-0.2, -0.15) is 23.5 Å².